The molecule has 1 unspecified atom stereocenters. The minimum absolute atomic E-state index is 0.416. The van der Waals surface area contributed by atoms with E-state index in [0.29, 0.717) is 5.92 Å². The molecule has 3 nitrogen and oxygen atoms in total. The summed E-state index contributed by atoms with van der Waals surface area (Å²) in [4.78, 5) is 2.48. The van der Waals surface area contributed by atoms with Gasteiger partial charge in [0.15, 0.2) is 0 Å². The molecule has 96 valence electrons. The highest BCUT2D eigenvalue weighted by atomic mass is 16.3. The van der Waals surface area contributed by atoms with E-state index in [1.807, 2.05) is 6.92 Å². The average Bonchev–Trinajstić information content (AvgIpc) is 2.22. The van der Waals surface area contributed by atoms with Crippen LogP contribution in [0.1, 0.15) is 40.0 Å². The van der Waals surface area contributed by atoms with Crippen LogP contribution in [0, 0.1) is 5.92 Å². The Morgan fingerprint density at radius 2 is 2.00 bits per heavy atom. The van der Waals surface area contributed by atoms with E-state index in [1.165, 1.54) is 6.42 Å². The van der Waals surface area contributed by atoms with Crippen LogP contribution in [0.15, 0.2) is 0 Å². The Morgan fingerprint density at radius 3 is 2.56 bits per heavy atom. The number of aliphatic hydroxyl groups is 1. The molecule has 0 aromatic heterocycles. The van der Waals surface area contributed by atoms with Crippen molar-refractivity contribution >= 4 is 0 Å². The van der Waals surface area contributed by atoms with Crippen molar-refractivity contribution in [1.29, 1.82) is 0 Å². The van der Waals surface area contributed by atoms with Crippen LogP contribution in [-0.4, -0.2) is 48.3 Å². The Morgan fingerprint density at radius 1 is 1.38 bits per heavy atom. The highest BCUT2D eigenvalue weighted by Gasteiger charge is 2.27. The predicted molar refractivity (Wildman–Crippen MR) is 68.6 cm³/mol. The summed E-state index contributed by atoms with van der Waals surface area (Å²) in [5, 5.41) is 13.3. The third kappa shape index (κ3) is 5.28. The number of likely N-dealkylation sites (tertiary alicyclic amines) is 1. The Bertz CT molecular complexity index is 184. The quantitative estimate of drug-likeness (QED) is 0.676. The van der Waals surface area contributed by atoms with Crippen LogP contribution in [0.5, 0.6) is 0 Å². The fraction of sp³-hybridized carbons (Fsp3) is 1.00. The monoisotopic (exact) mass is 228 g/mol. The second-order valence-corrected chi connectivity index (χ2v) is 5.61. The van der Waals surface area contributed by atoms with Crippen LogP contribution in [0.3, 0.4) is 0 Å². The fourth-order valence-corrected chi connectivity index (χ4v) is 2.25. The van der Waals surface area contributed by atoms with Gasteiger partial charge >= 0.3 is 0 Å². The summed E-state index contributed by atoms with van der Waals surface area (Å²) in [6.07, 6.45) is 3.05. The van der Waals surface area contributed by atoms with Crippen LogP contribution in [0.25, 0.3) is 0 Å². The summed E-state index contributed by atoms with van der Waals surface area (Å²) in [6, 6.07) is 0. The molecule has 1 aliphatic heterocycles. The van der Waals surface area contributed by atoms with Gasteiger partial charge in [0, 0.05) is 19.6 Å². The van der Waals surface area contributed by atoms with Crippen LogP contribution in [0.4, 0.5) is 0 Å². The van der Waals surface area contributed by atoms with Crippen molar-refractivity contribution in [2.75, 3.05) is 32.7 Å². The van der Waals surface area contributed by atoms with Crippen molar-refractivity contribution in [3.05, 3.63) is 0 Å². The van der Waals surface area contributed by atoms with Crippen LogP contribution in [-0.2, 0) is 0 Å². The van der Waals surface area contributed by atoms with E-state index in [4.69, 9.17) is 0 Å². The fourth-order valence-electron chi connectivity index (χ4n) is 2.25. The first-order chi connectivity index (χ1) is 7.53. The van der Waals surface area contributed by atoms with E-state index >= 15 is 0 Å². The zero-order chi connectivity index (χ0) is 12.0. The molecule has 1 rings (SSSR count). The topological polar surface area (TPSA) is 35.5 Å². The van der Waals surface area contributed by atoms with Crippen molar-refractivity contribution in [3.63, 3.8) is 0 Å². The normalized spacial score (nSPS) is 23.2. The molecule has 1 atom stereocenters. The molecule has 0 radical (unpaired) electrons. The maximum absolute atomic E-state index is 9.86. The molecular weight excluding hydrogens is 200 g/mol. The van der Waals surface area contributed by atoms with Crippen LogP contribution >= 0.6 is 0 Å². The van der Waals surface area contributed by atoms with Crippen molar-refractivity contribution in [2.24, 2.45) is 5.92 Å². The van der Waals surface area contributed by atoms with Crippen molar-refractivity contribution in [1.82, 2.24) is 10.2 Å². The van der Waals surface area contributed by atoms with E-state index in [2.05, 4.69) is 24.1 Å². The summed E-state index contributed by atoms with van der Waals surface area (Å²) < 4.78 is 0. The van der Waals surface area contributed by atoms with Gasteiger partial charge in [0.05, 0.1) is 5.60 Å². The van der Waals surface area contributed by atoms with E-state index in [-0.39, 0.29) is 0 Å². The van der Waals surface area contributed by atoms with Gasteiger partial charge in [-0.3, -0.25) is 0 Å². The van der Waals surface area contributed by atoms with Gasteiger partial charge in [-0.25, -0.2) is 0 Å². The van der Waals surface area contributed by atoms with E-state index < -0.39 is 5.60 Å². The Kier molecular flexibility index (Phi) is 5.73. The van der Waals surface area contributed by atoms with Gasteiger partial charge in [-0.05, 0) is 45.2 Å². The molecule has 0 amide bonds. The maximum atomic E-state index is 9.86. The summed E-state index contributed by atoms with van der Waals surface area (Å²) in [5.74, 6) is 0.703. The van der Waals surface area contributed by atoms with Gasteiger partial charge in [-0.1, -0.05) is 13.8 Å². The van der Waals surface area contributed by atoms with Gasteiger partial charge in [-0.2, -0.15) is 0 Å². The lowest BCUT2D eigenvalue weighted by Crippen LogP contribution is -2.44. The molecule has 0 spiro atoms. The van der Waals surface area contributed by atoms with Crippen LogP contribution < -0.4 is 5.32 Å². The second kappa shape index (κ2) is 6.58. The third-order valence-electron chi connectivity index (χ3n) is 3.42. The zero-order valence-electron chi connectivity index (χ0n) is 11.1. The first-order valence-corrected chi connectivity index (χ1v) is 6.69. The first-order valence-electron chi connectivity index (χ1n) is 6.69. The van der Waals surface area contributed by atoms with E-state index in [0.717, 1.165) is 45.6 Å². The van der Waals surface area contributed by atoms with Crippen molar-refractivity contribution < 1.29 is 5.11 Å². The molecule has 3 heteroatoms. The number of hydrogen-bond donors (Lipinski definition) is 2. The molecule has 1 saturated heterocycles. The lowest BCUT2D eigenvalue weighted by molar-refractivity contribution is -0.00814. The molecule has 1 heterocycles. The highest BCUT2D eigenvalue weighted by Crippen LogP contribution is 2.21. The van der Waals surface area contributed by atoms with Gasteiger partial charge in [-0.15, -0.1) is 0 Å². The molecule has 0 aromatic rings. The lowest BCUT2D eigenvalue weighted by Gasteiger charge is -2.37. The average molecular weight is 228 g/mol. The number of piperidine rings is 1. The molecule has 0 bridgehead atoms. The van der Waals surface area contributed by atoms with E-state index in [9.17, 15) is 5.11 Å². The number of nitrogens with zero attached hydrogens (tertiary/aromatic N) is 1. The minimum atomic E-state index is -0.416. The van der Waals surface area contributed by atoms with Crippen molar-refractivity contribution in [3.8, 4) is 0 Å². The molecule has 1 fully saturated rings. The highest BCUT2D eigenvalue weighted by molar-refractivity contribution is 4.82. The summed E-state index contributed by atoms with van der Waals surface area (Å²) in [7, 11) is 0. The zero-order valence-corrected chi connectivity index (χ0v) is 11.1. The molecule has 0 aromatic carbocycles. The molecule has 0 aliphatic carbocycles. The molecule has 0 saturated carbocycles. The molecule has 16 heavy (non-hydrogen) atoms. The SMILES string of the molecule is CCCNCC(C)CN1CCC(C)(O)CC1. The second-order valence-electron chi connectivity index (χ2n) is 5.61. The third-order valence-corrected chi connectivity index (χ3v) is 3.42. The lowest BCUT2D eigenvalue weighted by atomic mass is 9.93. The summed E-state index contributed by atoms with van der Waals surface area (Å²) in [6.45, 7) is 11.9. The minimum Gasteiger partial charge on any atom is -0.390 e. The molecular formula is C13H28N2O. The van der Waals surface area contributed by atoms with Gasteiger partial charge in [0.25, 0.3) is 0 Å². The number of hydrogen-bond acceptors (Lipinski definition) is 3. The standard InChI is InChI=1S/C13H28N2O/c1-4-7-14-10-12(2)11-15-8-5-13(3,16)6-9-15/h12,14,16H,4-11H2,1-3H3. The van der Waals surface area contributed by atoms with E-state index in [1.54, 1.807) is 0 Å². The summed E-state index contributed by atoms with van der Waals surface area (Å²) >= 11 is 0. The molecule has 2 N–H and O–H groups in total. The first kappa shape index (κ1) is 13.9. The van der Waals surface area contributed by atoms with Gasteiger partial charge < -0.3 is 15.3 Å². The predicted octanol–water partition coefficient (Wildman–Crippen LogP) is 1.47. The van der Waals surface area contributed by atoms with Crippen LogP contribution in [0.2, 0.25) is 0 Å². The smallest absolute Gasteiger partial charge is 0.0644 e. The number of nitrogens with one attached hydrogen (secondary N) is 1. The largest absolute Gasteiger partial charge is 0.390 e. The Hall–Kier alpha value is -0.120. The Balaban J connectivity index is 2.13. The van der Waals surface area contributed by atoms with Crippen molar-refractivity contribution in [2.45, 2.75) is 45.6 Å². The van der Waals surface area contributed by atoms with Gasteiger partial charge in [0.1, 0.15) is 0 Å². The van der Waals surface area contributed by atoms with Gasteiger partial charge in [0.2, 0.25) is 0 Å². The summed E-state index contributed by atoms with van der Waals surface area (Å²) in [5.41, 5.74) is -0.416. The maximum Gasteiger partial charge on any atom is 0.0644 e. The number of rotatable bonds is 6. The molecule has 1 aliphatic rings. The Labute approximate surface area is 100 Å².